The summed E-state index contributed by atoms with van der Waals surface area (Å²) in [6.45, 7) is 18.3. The van der Waals surface area contributed by atoms with E-state index in [9.17, 15) is 0 Å². The van der Waals surface area contributed by atoms with Crippen LogP contribution in [-0.2, 0) is 0 Å². The zero-order chi connectivity index (χ0) is 15.6. The van der Waals surface area contributed by atoms with Crippen molar-refractivity contribution in [1.82, 2.24) is 10.2 Å². The zero-order valence-electron chi connectivity index (χ0n) is 14.1. The van der Waals surface area contributed by atoms with Gasteiger partial charge in [0.25, 0.3) is 0 Å². The summed E-state index contributed by atoms with van der Waals surface area (Å²) < 4.78 is 0. The minimum absolute atomic E-state index is 0.376. The van der Waals surface area contributed by atoms with E-state index < -0.39 is 0 Å². The molecule has 1 saturated heterocycles. The lowest BCUT2D eigenvalue weighted by molar-refractivity contribution is 0.267. The number of hydrogen-bond donors (Lipinski definition) is 1. The van der Waals surface area contributed by atoms with Crippen LogP contribution >= 0.6 is 0 Å². The van der Waals surface area contributed by atoms with Crippen LogP contribution in [0.5, 0.6) is 0 Å². The fourth-order valence-corrected chi connectivity index (χ4v) is 3.48. The average molecular weight is 288 g/mol. The van der Waals surface area contributed by atoms with E-state index in [0.717, 1.165) is 18.9 Å². The summed E-state index contributed by atoms with van der Waals surface area (Å²) in [5.74, 6) is 2.10. The van der Waals surface area contributed by atoms with Crippen LogP contribution in [0.2, 0.25) is 0 Å². The molecular formula is C19H32N2. The zero-order valence-corrected chi connectivity index (χ0v) is 14.1. The molecule has 0 amide bonds. The van der Waals surface area contributed by atoms with Gasteiger partial charge in [-0.3, -0.25) is 0 Å². The third-order valence-electron chi connectivity index (χ3n) is 5.29. The second kappa shape index (κ2) is 6.72. The fraction of sp³-hybridized carbons (Fsp3) is 0.684. The van der Waals surface area contributed by atoms with E-state index in [1.54, 1.807) is 0 Å². The first kappa shape index (κ1) is 16.2. The Bertz CT molecular complexity index is 419. The number of allylic oxidation sites excluding steroid dienone is 2. The maximum Gasteiger partial charge on any atom is 0.0497 e. The van der Waals surface area contributed by atoms with Crippen LogP contribution in [0, 0.1) is 17.8 Å². The van der Waals surface area contributed by atoms with Gasteiger partial charge in [-0.25, -0.2) is 0 Å². The highest BCUT2D eigenvalue weighted by atomic mass is 15.1. The van der Waals surface area contributed by atoms with Gasteiger partial charge in [0, 0.05) is 36.9 Å². The van der Waals surface area contributed by atoms with Crippen LogP contribution in [0.4, 0.5) is 0 Å². The highest BCUT2D eigenvalue weighted by molar-refractivity contribution is 5.14. The van der Waals surface area contributed by atoms with Crippen LogP contribution in [-0.4, -0.2) is 24.5 Å². The predicted molar refractivity (Wildman–Crippen MR) is 91.9 cm³/mol. The molecule has 1 aliphatic carbocycles. The van der Waals surface area contributed by atoms with Gasteiger partial charge in [0.2, 0.25) is 0 Å². The van der Waals surface area contributed by atoms with E-state index >= 15 is 0 Å². The van der Waals surface area contributed by atoms with Crippen molar-refractivity contribution in [2.45, 2.75) is 52.0 Å². The van der Waals surface area contributed by atoms with Crippen LogP contribution in [0.15, 0.2) is 36.7 Å². The van der Waals surface area contributed by atoms with Gasteiger partial charge >= 0.3 is 0 Å². The second-order valence-electron chi connectivity index (χ2n) is 7.22. The maximum absolute atomic E-state index is 4.38. The molecule has 0 spiro atoms. The molecule has 1 saturated carbocycles. The third-order valence-corrected chi connectivity index (χ3v) is 5.29. The molecule has 118 valence electrons. The molecule has 3 atom stereocenters. The summed E-state index contributed by atoms with van der Waals surface area (Å²) >= 11 is 0. The first-order chi connectivity index (χ1) is 9.90. The first-order valence-electron chi connectivity index (χ1n) is 8.39. The topological polar surface area (TPSA) is 15.3 Å². The van der Waals surface area contributed by atoms with Gasteiger partial charge in [-0.05, 0) is 38.0 Å². The normalized spacial score (nSPS) is 24.3. The van der Waals surface area contributed by atoms with Crippen molar-refractivity contribution in [2.24, 2.45) is 17.8 Å². The molecule has 1 heterocycles. The molecule has 2 fully saturated rings. The minimum atomic E-state index is 0.376. The predicted octanol–water partition coefficient (Wildman–Crippen LogP) is 4.33. The van der Waals surface area contributed by atoms with Crippen molar-refractivity contribution in [2.75, 3.05) is 13.6 Å². The molecular weight excluding hydrogens is 256 g/mol. The van der Waals surface area contributed by atoms with Gasteiger partial charge in [0.05, 0.1) is 0 Å². The van der Waals surface area contributed by atoms with Crippen LogP contribution in [0.3, 0.4) is 0 Å². The third kappa shape index (κ3) is 4.15. The molecule has 0 aromatic rings. The number of likely N-dealkylation sites (N-methyl/N-ethyl adjacent to an activating group) is 1. The number of hydrogen-bond acceptors (Lipinski definition) is 2. The molecule has 1 N–H and O–H groups in total. The number of nitrogens with zero attached hydrogens (tertiary/aromatic N) is 1. The highest BCUT2D eigenvalue weighted by Crippen LogP contribution is 2.38. The van der Waals surface area contributed by atoms with E-state index in [0.29, 0.717) is 17.9 Å². The monoisotopic (exact) mass is 288 g/mol. The van der Waals surface area contributed by atoms with Crippen LogP contribution in [0.1, 0.15) is 46.0 Å². The largest absolute Gasteiger partial charge is 0.389 e. The molecule has 21 heavy (non-hydrogen) atoms. The molecule has 0 radical (unpaired) electrons. The fourth-order valence-electron chi connectivity index (χ4n) is 3.48. The highest BCUT2D eigenvalue weighted by Gasteiger charge is 2.29. The first-order valence-corrected chi connectivity index (χ1v) is 8.39. The summed E-state index contributed by atoms with van der Waals surface area (Å²) in [5.41, 5.74) is 3.70. The molecule has 2 aliphatic rings. The summed E-state index contributed by atoms with van der Waals surface area (Å²) in [4.78, 5) is 2.38. The van der Waals surface area contributed by atoms with Crippen molar-refractivity contribution >= 4 is 0 Å². The Labute approximate surface area is 131 Å². The van der Waals surface area contributed by atoms with E-state index in [2.05, 4.69) is 50.8 Å². The summed E-state index contributed by atoms with van der Waals surface area (Å²) in [7, 11) is 2.19. The number of rotatable bonds is 8. The molecule has 0 aromatic carbocycles. The van der Waals surface area contributed by atoms with E-state index in [4.69, 9.17) is 0 Å². The van der Waals surface area contributed by atoms with Gasteiger partial charge in [-0.15, -0.1) is 0 Å². The standard InChI is InChI=1S/C19H32N2/c1-13(2)19(12-18-9-10-20-15(18)4)21(6)16(5)14(3)11-17-7-8-17/h14,17-20H,1,4-5,7-12H2,2-3,6H3. The molecule has 2 rings (SSSR count). The van der Waals surface area contributed by atoms with Gasteiger partial charge < -0.3 is 10.2 Å². The molecule has 1 aliphatic heterocycles. The van der Waals surface area contributed by atoms with E-state index in [1.165, 1.54) is 42.7 Å². The Morgan fingerprint density at radius 2 is 1.95 bits per heavy atom. The lowest BCUT2D eigenvalue weighted by Gasteiger charge is -2.36. The Balaban J connectivity index is 1.96. The SMILES string of the molecule is C=C1NCCC1CC(C(=C)C)N(C)C(=C)C(C)CC1CC1. The lowest BCUT2D eigenvalue weighted by atomic mass is 9.91. The molecule has 0 bridgehead atoms. The maximum atomic E-state index is 4.38. The van der Waals surface area contributed by atoms with Crippen LogP contribution < -0.4 is 5.32 Å². The molecule has 2 nitrogen and oxygen atoms in total. The lowest BCUT2D eigenvalue weighted by Crippen LogP contribution is -2.35. The van der Waals surface area contributed by atoms with E-state index in [1.807, 2.05) is 0 Å². The van der Waals surface area contributed by atoms with Crippen molar-refractivity contribution in [3.63, 3.8) is 0 Å². The van der Waals surface area contributed by atoms with Crippen molar-refractivity contribution in [1.29, 1.82) is 0 Å². The number of nitrogens with one attached hydrogen (secondary N) is 1. The molecule has 3 unspecified atom stereocenters. The quantitative estimate of drug-likeness (QED) is 0.669. The minimum Gasteiger partial charge on any atom is -0.389 e. The summed E-state index contributed by atoms with van der Waals surface area (Å²) in [6.07, 6.45) is 6.43. The Kier molecular flexibility index (Phi) is 5.18. The summed E-state index contributed by atoms with van der Waals surface area (Å²) in [5, 5.41) is 3.37. The Morgan fingerprint density at radius 3 is 2.43 bits per heavy atom. The van der Waals surface area contributed by atoms with Crippen molar-refractivity contribution < 1.29 is 0 Å². The van der Waals surface area contributed by atoms with Crippen LogP contribution in [0.25, 0.3) is 0 Å². The smallest absolute Gasteiger partial charge is 0.0497 e. The summed E-state index contributed by atoms with van der Waals surface area (Å²) in [6, 6.07) is 0.376. The molecule has 2 heteroatoms. The van der Waals surface area contributed by atoms with E-state index in [-0.39, 0.29) is 0 Å². The van der Waals surface area contributed by atoms with Gasteiger partial charge in [-0.2, -0.15) is 0 Å². The van der Waals surface area contributed by atoms with Crippen molar-refractivity contribution in [3.8, 4) is 0 Å². The van der Waals surface area contributed by atoms with Crippen molar-refractivity contribution in [3.05, 3.63) is 36.7 Å². The Hall–Kier alpha value is -1.18. The van der Waals surface area contributed by atoms with Gasteiger partial charge in [0.1, 0.15) is 0 Å². The van der Waals surface area contributed by atoms with Gasteiger partial charge in [-0.1, -0.05) is 45.1 Å². The average Bonchev–Trinajstić information content (AvgIpc) is 3.15. The second-order valence-corrected chi connectivity index (χ2v) is 7.22. The Morgan fingerprint density at radius 1 is 1.29 bits per heavy atom. The van der Waals surface area contributed by atoms with Gasteiger partial charge in [0.15, 0.2) is 0 Å². The molecule has 0 aromatic heterocycles.